The molecule has 2 aromatic rings. The van der Waals surface area contributed by atoms with Crippen molar-refractivity contribution >= 4 is 70.7 Å². The number of ether oxygens (including phenoxy) is 4. The summed E-state index contributed by atoms with van der Waals surface area (Å²) in [6.07, 6.45) is -8.51. The molecule has 98 heavy (non-hydrogen) atoms. The Morgan fingerprint density at radius 3 is 1.29 bits per heavy atom. The molecule has 3 rings (SSSR count). The van der Waals surface area contributed by atoms with Gasteiger partial charge in [0, 0.05) is 75.2 Å². The van der Waals surface area contributed by atoms with Gasteiger partial charge in [0.25, 0.3) is 29.3 Å². The number of rotatable bonds is 43. The third-order valence-corrected chi connectivity index (χ3v) is 15.3. The van der Waals surface area contributed by atoms with E-state index in [-0.39, 0.29) is 128 Å². The van der Waals surface area contributed by atoms with Gasteiger partial charge in [-0.2, -0.15) is 26.3 Å². The van der Waals surface area contributed by atoms with Crippen molar-refractivity contribution in [1.29, 1.82) is 0 Å². The lowest BCUT2D eigenvalue weighted by molar-refractivity contribution is -0.175. The van der Waals surface area contributed by atoms with Gasteiger partial charge in [0.2, 0.25) is 23.6 Å². The van der Waals surface area contributed by atoms with E-state index in [1.165, 1.54) is 70.8 Å². The van der Waals surface area contributed by atoms with Crippen molar-refractivity contribution in [3.05, 3.63) is 77.4 Å². The maximum Gasteiger partial charge on any atom is 0.452 e. The Labute approximate surface area is 566 Å². The van der Waals surface area contributed by atoms with Gasteiger partial charge in [-0.15, -0.1) is 0 Å². The molecule has 2 aromatic carbocycles. The quantitative estimate of drug-likeness (QED) is 0.0334. The van der Waals surface area contributed by atoms with Crippen molar-refractivity contribution in [3.63, 3.8) is 0 Å². The van der Waals surface area contributed by atoms with Crippen LogP contribution in [-0.2, 0) is 47.7 Å². The molecule has 548 valence electrons. The van der Waals surface area contributed by atoms with Crippen LogP contribution in [0.25, 0.3) is 5.70 Å². The molecule has 0 aliphatic carbocycles. The summed E-state index contributed by atoms with van der Waals surface area (Å²) in [5.74, 6) is -10.8. The van der Waals surface area contributed by atoms with E-state index in [4.69, 9.17) is 18.9 Å². The third kappa shape index (κ3) is 28.9. The van der Waals surface area contributed by atoms with Crippen LogP contribution in [0.2, 0.25) is 0 Å². The number of hydrogen-bond acceptors (Lipinski definition) is 16. The third-order valence-electron chi connectivity index (χ3n) is 15.3. The minimum absolute atomic E-state index is 0.0619. The van der Waals surface area contributed by atoms with E-state index in [1.54, 1.807) is 45.0 Å². The van der Waals surface area contributed by atoms with E-state index in [0.717, 1.165) is 4.90 Å². The predicted molar refractivity (Wildman–Crippen MR) is 348 cm³/mol. The summed E-state index contributed by atoms with van der Waals surface area (Å²) >= 11 is 0. The van der Waals surface area contributed by atoms with Crippen LogP contribution in [0.3, 0.4) is 0 Å². The van der Waals surface area contributed by atoms with Crippen molar-refractivity contribution in [2.45, 2.75) is 136 Å². The fourth-order valence-electron chi connectivity index (χ4n) is 9.81. The van der Waals surface area contributed by atoms with E-state index < -0.39 is 113 Å². The molecule has 0 spiro atoms. The molecule has 11 amide bonds. The normalized spacial score (nSPS) is 14.6. The maximum absolute atomic E-state index is 13.7. The number of hydrogen-bond donors (Lipinski definition) is 10. The second-order valence-corrected chi connectivity index (χ2v) is 24.0. The Kier molecular flexibility index (Phi) is 36.3. The Hall–Kier alpha value is -8.43. The van der Waals surface area contributed by atoms with Crippen LogP contribution in [0.4, 0.5) is 35.9 Å². The number of nitrogens with zero attached hydrogens (tertiary/aromatic N) is 2. The zero-order valence-corrected chi connectivity index (χ0v) is 57.0. The molecule has 33 heteroatoms. The van der Waals surface area contributed by atoms with Gasteiger partial charge >= 0.3 is 24.4 Å². The monoisotopic (exact) mass is 1400 g/mol. The van der Waals surface area contributed by atoms with Crippen LogP contribution in [0.15, 0.2) is 55.1 Å². The highest BCUT2D eigenvalue weighted by atomic mass is 19.4. The van der Waals surface area contributed by atoms with Crippen molar-refractivity contribution in [1.82, 2.24) is 63.0 Å². The number of unbranched alkanes of at least 4 members (excludes halogenated alkanes) is 1. The summed E-state index contributed by atoms with van der Waals surface area (Å²) in [7, 11) is 1.34. The van der Waals surface area contributed by atoms with Gasteiger partial charge in [-0.05, 0) is 98.7 Å². The fourth-order valence-corrected chi connectivity index (χ4v) is 9.81. The molecule has 1 heterocycles. The topological polar surface area (TPSA) is 351 Å². The number of carbonyl (C=O) groups is 11. The number of carbonyl (C=O) groups excluding carboxylic acids is 11. The van der Waals surface area contributed by atoms with E-state index in [9.17, 15) is 79.1 Å². The Balaban J connectivity index is 1.16. The molecule has 1 aliphatic rings. The molecule has 27 nitrogen and oxygen atoms in total. The molecule has 0 bridgehead atoms. The highest BCUT2D eigenvalue weighted by molar-refractivity contribution is 6.01. The predicted octanol–water partition coefficient (Wildman–Crippen LogP) is 3.77. The van der Waals surface area contributed by atoms with Gasteiger partial charge in [0.05, 0.1) is 64.9 Å². The van der Waals surface area contributed by atoms with E-state index in [1.807, 2.05) is 0 Å². The standard InChI is InChI=1S/C65H96F6N12O15/c1-11-48(58(89)79-50(39(2)3)53(84)64(66,67)68)82(10)60(91)43(9)78-42(8)44-16-18-45(19-17-44)55(86)72-26-31-95-35-37-97-33-28-76-62(93)74-24-12-13-25-75-63(94)77-29-34-98-38-36-96-32-27-73-56(87)46-20-22-47(23-21-46)57(88)81-52(41(6)7)61(92)83-30-14-15-49(83)59(90)80-51(40(4)5)54(85)65(69,70)71/h16-23,39-41,43,48-52,78H,8,11-15,24-38H2,1-7,9-10H3,(H,72,86)(H,73,87)(H,79,89)(H,80,90)(H,81,88)(H2,74,76,93)(H2,75,77,94)/t43-,48?,49?,50?,51?,52-/m0/s1. The zero-order valence-electron chi connectivity index (χ0n) is 57.0. The number of urea groups is 2. The number of ketones is 2. The molecule has 6 atom stereocenters. The van der Waals surface area contributed by atoms with Crippen LogP contribution in [-0.4, -0.2) is 229 Å². The Morgan fingerprint density at radius 2 is 0.888 bits per heavy atom. The van der Waals surface area contributed by atoms with E-state index in [0.29, 0.717) is 49.2 Å². The molecule has 0 aromatic heterocycles. The van der Waals surface area contributed by atoms with Crippen LogP contribution < -0.4 is 53.2 Å². The smallest absolute Gasteiger partial charge is 0.377 e. The van der Waals surface area contributed by atoms with Crippen molar-refractivity contribution in [3.8, 4) is 0 Å². The highest BCUT2D eigenvalue weighted by Gasteiger charge is 2.48. The summed E-state index contributed by atoms with van der Waals surface area (Å²) in [6, 6.07) is 3.28. The highest BCUT2D eigenvalue weighted by Crippen LogP contribution is 2.26. The number of amides is 11. The number of alkyl halides is 6. The SMILES string of the molecule is C=C(N[C@@H](C)C(=O)N(C)C(CC)C(=O)NC(C(=O)C(F)(F)F)C(C)C)c1ccc(C(=O)NCCOCCOCCNC(=O)NCCCCNC(=O)NCCOCCOCCNC(=O)c2ccc(C(=O)N[C@H](C(=O)N3CCCC3C(=O)NC(C(=O)C(F)(F)F)C(C)C)C(C)C)cc2)cc1. The van der Waals surface area contributed by atoms with Crippen LogP contribution in [0.1, 0.15) is 124 Å². The summed E-state index contributed by atoms with van der Waals surface area (Å²) in [5.41, 5.74) is 1.60. The van der Waals surface area contributed by atoms with Gasteiger partial charge in [-0.25, -0.2) is 9.59 Å². The largest absolute Gasteiger partial charge is 0.452 e. The lowest BCUT2D eigenvalue weighted by atomic mass is 9.98. The summed E-state index contributed by atoms with van der Waals surface area (Å²) in [4.78, 5) is 142. The first-order valence-electron chi connectivity index (χ1n) is 32.5. The molecule has 0 radical (unpaired) electrons. The minimum atomic E-state index is -5.17. The minimum Gasteiger partial charge on any atom is -0.377 e. The number of Topliss-reactive ketones (excluding diaryl/α,β-unsaturated/α-hetero) is 2. The Morgan fingerprint density at radius 1 is 0.510 bits per heavy atom. The summed E-state index contributed by atoms with van der Waals surface area (Å²) in [5, 5.41) is 26.2. The number of likely N-dealkylation sites (tertiary alicyclic amines) is 1. The molecule has 0 saturated carbocycles. The van der Waals surface area contributed by atoms with Crippen molar-refractivity contribution < 1.29 is 98.0 Å². The summed E-state index contributed by atoms with van der Waals surface area (Å²) < 4.78 is 101. The first-order valence-corrected chi connectivity index (χ1v) is 32.5. The zero-order chi connectivity index (χ0) is 73.3. The van der Waals surface area contributed by atoms with Crippen molar-refractivity contribution in [2.24, 2.45) is 17.8 Å². The lowest BCUT2D eigenvalue weighted by Crippen LogP contribution is -2.58. The van der Waals surface area contributed by atoms with Gasteiger partial charge in [0.15, 0.2) is 0 Å². The number of nitrogens with one attached hydrogen (secondary N) is 10. The second-order valence-electron chi connectivity index (χ2n) is 24.0. The molecule has 4 unspecified atom stereocenters. The van der Waals surface area contributed by atoms with E-state index >= 15 is 0 Å². The number of halogens is 6. The van der Waals surface area contributed by atoms with Crippen LogP contribution >= 0.6 is 0 Å². The lowest BCUT2D eigenvalue weighted by Gasteiger charge is -2.32. The molecular weight excluding hydrogens is 1300 g/mol. The first-order chi connectivity index (χ1) is 46.2. The summed E-state index contributed by atoms with van der Waals surface area (Å²) in [6.45, 7) is 19.3. The van der Waals surface area contributed by atoms with Crippen LogP contribution in [0, 0.1) is 17.8 Å². The van der Waals surface area contributed by atoms with Gasteiger partial charge in [0.1, 0.15) is 24.2 Å². The molecule has 1 fully saturated rings. The van der Waals surface area contributed by atoms with E-state index in [2.05, 4.69) is 59.7 Å². The molecular formula is C65H96F6N12O15. The first kappa shape index (κ1) is 83.8. The van der Waals surface area contributed by atoms with Gasteiger partial charge in [-0.3, -0.25) is 43.2 Å². The second kappa shape index (κ2) is 42.4. The maximum atomic E-state index is 13.7. The number of likely N-dealkylation sites (N-methyl/N-ethyl adjacent to an activating group) is 1. The van der Waals surface area contributed by atoms with Gasteiger partial charge < -0.3 is 81.9 Å². The van der Waals surface area contributed by atoms with Crippen molar-refractivity contribution in [2.75, 3.05) is 106 Å². The number of benzene rings is 2. The molecule has 1 saturated heterocycles. The Bertz CT molecular complexity index is 2960. The fraction of sp³-hybridized carbons (Fsp3) is 0.615. The van der Waals surface area contributed by atoms with Gasteiger partial charge in [-0.1, -0.05) is 67.2 Å². The van der Waals surface area contributed by atoms with Crippen LogP contribution in [0.5, 0.6) is 0 Å². The molecule has 1 aliphatic heterocycles. The molecule has 10 N–H and O–H groups in total. The average molecular weight is 1400 g/mol. The average Bonchev–Trinajstić information content (AvgIpc) is 1.58.